The van der Waals surface area contributed by atoms with Crippen molar-refractivity contribution in [1.82, 2.24) is 10.3 Å². The summed E-state index contributed by atoms with van der Waals surface area (Å²) in [6.45, 7) is 2.82. The first-order valence-corrected chi connectivity index (χ1v) is 5.03. The monoisotopic (exact) mass is 192 g/mol. The predicted octanol–water partition coefficient (Wildman–Crippen LogP) is 1.65. The quantitative estimate of drug-likeness (QED) is 0.787. The molecule has 1 heterocycles. The number of pyridine rings is 1. The Morgan fingerprint density at radius 2 is 2.29 bits per heavy atom. The molecule has 0 atom stereocenters. The Morgan fingerprint density at radius 3 is 2.93 bits per heavy atom. The Labute approximate surface area is 84.5 Å². The maximum atomic E-state index is 5.25. The van der Waals surface area contributed by atoms with Crippen molar-refractivity contribution in [2.24, 2.45) is 0 Å². The van der Waals surface area contributed by atoms with Crippen molar-refractivity contribution in [1.29, 1.82) is 0 Å². The minimum atomic E-state index is 0.710. The van der Waals surface area contributed by atoms with E-state index in [4.69, 9.17) is 4.74 Å². The number of rotatable bonds is 4. The van der Waals surface area contributed by atoms with Crippen LogP contribution in [0.4, 0.5) is 0 Å². The molecule has 0 spiro atoms. The highest BCUT2D eigenvalue weighted by atomic mass is 16.5. The van der Waals surface area contributed by atoms with Crippen molar-refractivity contribution in [3.8, 4) is 5.75 Å². The predicted molar refractivity (Wildman–Crippen MR) is 55.4 cm³/mol. The molecule has 1 aromatic heterocycles. The summed E-state index contributed by atoms with van der Waals surface area (Å²) >= 11 is 0. The Kier molecular flexibility index (Phi) is 2.68. The van der Waals surface area contributed by atoms with Crippen molar-refractivity contribution in [3.63, 3.8) is 0 Å². The summed E-state index contributed by atoms with van der Waals surface area (Å²) in [7, 11) is 1.69. The average Bonchev–Trinajstić information content (AvgIpc) is 2.98. The largest absolute Gasteiger partial charge is 0.495 e. The molecule has 0 radical (unpaired) electrons. The number of nitrogens with zero attached hydrogens (tertiary/aromatic N) is 1. The van der Waals surface area contributed by atoms with Crippen LogP contribution in [0.25, 0.3) is 0 Å². The number of nitrogens with one attached hydrogen (secondary N) is 1. The number of methoxy groups -OCH3 is 1. The standard InChI is InChI=1S/C11H16N2O/c1-8-3-6-11(14-2)10(13-8)7-12-9-4-5-9/h3,6,9,12H,4-5,7H2,1-2H3. The van der Waals surface area contributed by atoms with Crippen LogP contribution in [-0.4, -0.2) is 18.1 Å². The molecule has 1 aromatic rings. The molecule has 14 heavy (non-hydrogen) atoms. The molecule has 0 bridgehead atoms. The molecule has 0 unspecified atom stereocenters. The number of hydrogen-bond acceptors (Lipinski definition) is 3. The topological polar surface area (TPSA) is 34.1 Å². The average molecular weight is 192 g/mol. The van der Waals surface area contributed by atoms with Gasteiger partial charge in [0.2, 0.25) is 0 Å². The second-order valence-electron chi connectivity index (χ2n) is 3.76. The summed E-state index contributed by atoms with van der Waals surface area (Å²) in [4.78, 5) is 4.46. The Balaban J connectivity index is 2.07. The van der Waals surface area contributed by atoms with Crippen LogP contribution in [0.3, 0.4) is 0 Å². The zero-order valence-corrected chi connectivity index (χ0v) is 8.71. The molecule has 3 heteroatoms. The third-order valence-electron chi connectivity index (χ3n) is 2.43. The lowest BCUT2D eigenvalue weighted by atomic mass is 10.3. The SMILES string of the molecule is COc1ccc(C)nc1CNC1CC1. The van der Waals surface area contributed by atoms with Crippen LogP contribution >= 0.6 is 0 Å². The van der Waals surface area contributed by atoms with Crippen molar-refractivity contribution < 1.29 is 4.74 Å². The van der Waals surface area contributed by atoms with Crippen LogP contribution in [0.2, 0.25) is 0 Å². The summed E-state index contributed by atoms with van der Waals surface area (Å²) < 4.78 is 5.25. The van der Waals surface area contributed by atoms with E-state index < -0.39 is 0 Å². The first-order valence-electron chi connectivity index (χ1n) is 5.03. The minimum Gasteiger partial charge on any atom is -0.495 e. The molecule has 1 fully saturated rings. The Hall–Kier alpha value is -1.09. The molecule has 76 valence electrons. The second-order valence-corrected chi connectivity index (χ2v) is 3.76. The van der Waals surface area contributed by atoms with Gasteiger partial charge in [0.05, 0.1) is 12.8 Å². The highest BCUT2D eigenvalue weighted by Gasteiger charge is 2.20. The number of ether oxygens (including phenoxy) is 1. The van der Waals surface area contributed by atoms with E-state index in [0.29, 0.717) is 6.04 Å². The fraction of sp³-hybridized carbons (Fsp3) is 0.545. The normalized spacial score (nSPS) is 15.6. The van der Waals surface area contributed by atoms with Crippen LogP contribution in [0.5, 0.6) is 5.75 Å². The van der Waals surface area contributed by atoms with Gasteiger partial charge in [-0.15, -0.1) is 0 Å². The fourth-order valence-corrected chi connectivity index (χ4v) is 1.44. The maximum absolute atomic E-state index is 5.25. The zero-order chi connectivity index (χ0) is 9.97. The van der Waals surface area contributed by atoms with E-state index in [1.807, 2.05) is 19.1 Å². The minimum absolute atomic E-state index is 0.710. The van der Waals surface area contributed by atoms with Crippen molar-refractivity contribution in [2.45, 2.75) is 32.4 Å². The van der Waals surface area contributed by atoms with E-state index in [0.717, 1.165) is 23.7 Å². The molecule has 1 saturated carbocycles. The fourth-order valence-electron chi connectivity index (χ4n) is 1.44. The van der Waals surface area contributed by atoms with E-state index in [1.165, 1.54) is 12.8 Å². The highest BCUT2D eigenvalue weighted by Crippen LogP contribution is 2.21. The molecule has 1 N–H and O–H groups in total. The van der Waals surface area contributed by atoms with Gasteiger partial charge < -0.3 is 10.1 Å². The van der Waals surface area contributed by atoms with E-state index >= 15 is 0 Å². The zero-order valence-electron chi connectivity index (χ0n) is 8.71. The number of aryl methyl sites for hydroxylation is 1. The molecule has 0 aromatic carbocycles. The van der Waals surface area contributed by atoms with E-state index in [2.05, 4.69) is 10.3 Å². The van der Waals surface area contributed by atoms with Gasteiger partial charge in [-0.2, -0.15) is 0 Å². The Bertz CT molecular complexity index is 321. The summed E-state index contributed by atoms with van der Waals surface area (Å²) in [5.41, 5.74) is 2.05. The number of aromatic nitrogens is 1. The first kappa shape index (κ1) is 9.46. The van der Waals surface area contributed by atoms with Crippen molar-refractivity contribution in [3.05, 3.63) is 23.5 Å². The highest BCUT2D eigenvalue weighted by molar-refractivity contribution is 5.29. The van der Waals surface area contributed by atoms with Gasteiger partial charge in [-0.05, 0) is 31.9 Å². The third-order valence-corrected chi connectivity index (χ3v) is 2.43. The first-order chi connectivity index (χ1) is 6.79. The van der Waals surface area contributed by atoms with Crippen LogP contribution in [0.15, 0.2) is 12.1 Å². The van der Waals surface area contributed by atoms with Crippen LogP contribution in [0.1, 0.15) is 24.2 Å². The van der Waals surface area contributed by atoms with Gasteiger partial charge in [-0.1, -0.05) is 0 Å². The van der Waals surface area contributed by atoms with Crippen molar-refractivity contribution in [2.75, 3.05) is 7.11 Å². The molecular weight excluding hydrogens is 176 g/mol. The molecule has 0 amide bonds. The molecule has 1 aliphatic carbocycles. The lowest BCUT2D eigenvalue weighted by Crippen LogP contribution is -2.17. The molecule has 2 rings (SSSR count). The van der Waals surface area contributed by atoms with Gasteiger partial charge >= 0.3 is 0 Å². The summed E-state index contributed by atoms with van der Waals surface area (Å²) in [5.74, 6) is 0.878. The Morgan fingerprint density at radius 1 is 1.50 bits per heavy atom. The van der Waals surface area contributed by atoms with Gasteiger partial charge in [-0.3, -0.25) is 4.98 Å². The molecule has 1 aliphatic rings. The third kappa shape index (κ3) is 2.23. The van der Waals surface area contributed by atoms with Crippen molar-refractivity contribution >= 4 is 0 Å². The van der Waals surface area contributed by atoms with Gasteiger partial charge in [-0.25, -0.2) is 0 Å². The molecule has 0 aliphatic heterocycles. The molecule has 0 saturated heterocycles. The van der Waals surface area contributed by atoms with Gasteiger partial charge in [0, 0.05) is 18.3 Å². The van der Waals surface area contributed by atoms with Crippen LogP contribution in [-0.2, 0) is 6.54 Å². The van der Waals surface area contributed by atoms with Gasteiger partial charge in [0.25, 0.3) is 0 Å². The van der Waals surface area contributed by atoms with Crippen LogP contribution < -0.4 is 10.1 Å². The molecule has 3 nitrogen and oxygen atoms in total. The van der Waals surface area contributed by atoms with E-state index in [-0.39, 0.29) is 0 Å². The number of hydrogen-bond donors (Lipinski definition) is 1. The smallest absolute Gasteiger partial charge is 0.141 e. The summed E-state index contributed by atoms with van der Waals surface area (Å²) in [6.07, 6.45) is 2.60. The summed E-state index contributed by atoms with van der Waals surface area (Å²) in [5, 5.41) is 3.43. The van der Waals surface area contributed by atoms with E-state index in [9.17, 15) is 0 Å². The lowest BCUT2D eigenvalue weighted by Gasteiger charge is -2.08. The summed E-state index contributed by atoms with van der Waals surface area (Å²) in [6, 6.07) is 4.66. The van der Waals surface area contributed by atoms with Crippen LogP contribution in [0, 0.1) is 6.92 Å². The lowest BCUT2D eigenvalue weighted by molar-refractivity contribution is 0.404. The van der Waals surface area contributed by atoms with Gasteiger partial charge in [0.1, 0.15) is 5.75 Å². The maximum Gasteiger partial charge on any atom is 0.141 e. The van der Waals surface area contributed by atoms with E-state index in [1.54, 1.807) is 7.11 Å². The van der Waals surface area contributed by atoms with Gasteiger partial charge in [0.15, 0.2) is 0 Å². The molecular formula is C11H16N2O. The second kappa shape index (κ2) is 3.96.